The van der Waals surface area contributed by atoms with Gasteiger partial charge in [-0.25, -0.2) is 9.18 Å². The number of nitrogens with zero attached hydrogens (tertiary/aromatic N) is 3. The summed E-state index contributed by atoms with van der Waals surface area (Å²) in [6.07, 6.45) is 1.12. The largest absolute Gasteiger partial charge is 0.403 e. The van der Waals surface area contributed by atoms with E-state index < -0.39 is 0 Å². The Hall–Kier alpha value is -2.44. The van der Waals surface area contributed by atoms with Crippen LogP contribution < -0.4 is 5.32 Å². The van der Waals surface area contributed by atoms with Crippen LogP contribution in [0, 0.1) is 17.7 Å². The highest BCUT2D eigenvalue weighted by molar-refractivity contribution is 5.87. The summed E-state index contributed by atoms with van der Waals surface area (Å²) in [4.78, 5) is 14.1. The number of carbonyl (C=O) groups excluding carboxylic acids is 1. The van der Waals surface area contributed by atoms with Crippen molar-refractivity contribution in [1.82, 2.24) is 15.1 Å². The van der Waals surface area contributed by atoms with Crippen LogP contribution in [-0.4, -0.2) is 34.2 Å². The van der Waals surface area contributed by atoms with Gasteiger partial charge >= 0.3 is 12.0 Å². The van der Waals surface area contributed by atoms with E-state index in [0.717, 1.165) is 19.5 Å². The molecule has 1 aliphatic rings. The molecule has 0 radical (unpaired) electrons. The van der Waals surface area contributed by atoms with Crippen molar-refractivity contribution in [1.29, 1.82) is 0 Å². The molecule has 1 aromatic heterocycles. The van der Waals surface area contributed by atoms with E-state index >= 15 is 0 Å². The van der Waals surface area contributed by atoms with Gasteiger partial charge in [0, 0.05) is 18.7 Å². The van der Waals surface area contributed by atoms with Gasteiger partial charge in [-0.2, -0.15) is 0 Å². The molecule has 0 saturated carbocycles. The molecule has 3 rings (SSSR count). The number of carbonyl (C=O) groups is 1. The number of nitrogens with one attached hydrogen (secondary N) is 1. The number of aromatic nitrogens is 2. The lowest BCUT2D eigenvalue weighted by Gasteiger charge is -2.34. The third-order valence-electron chi connectivity index (χ3n) is 3.89. The second-order valence-corrected chi connectivity index (χ2v) is 6.20. The fraction of sp³-hybridized carbons (Fsp3) is 0.438. The van der Waals surface area contributed by atoms with Gasteiger partial charge in [-0.1, -0.05) is 18.9 Å². The molecular weight excluding hydrogens is 299 g/mol. The molecule has 1 saturated heterocycles. The first-order valence-electron chi connectivity index (χ1n) is 7.66. The van der Waals surface area contributed by atoms with Crippen molar-refractivity contribution in [2.45, 2.75) is 20.3 Å². The van der Waals surface area contributed by atoms with Gasteiger partial charge < -0.3 is 9.32 Å². The minimum absolute atomic E-state index is 0.0419. The fourth-order valence-electron chi connectivity index (χ4n) is 2.98. The van der Waals surface area contributed by atoms with Crippen LogP contribution in [0.5, 0.6) is 0 Å². The monoisotopic (exact) mass is 318 g/mol. The number of rotatable bonds is 2. The van der Waals surface area contributed by atoms with Crippen LogP contribution in [0.25, 0.3) is 11.5 Å². The molecular formula is C16H19FN4O2. The van der Waals surface area contributed by atoms with E-state index in [-0.39, 0.29) is 23.8 Å². The van der Waals surface area contributed by atoms with E-state index in [0.29, 0.717) is 17.4 Å². The zero-order chi connectivity index (χ0) is 16.4. The van der Waals surface area contributed by atoms with Gasteiger partial charge in [-0.15, -0.1) is 5.10 Å². The standard InChI is InChI=1S/C16H19FN4O2/c1-10-7-11(2)9-21(8-10)16(22)18-15-20-19-14(23-15)12-3-5-13(17)6-4-12/h3-6,10-11H,7-9H2,1-2H3,(H,18,20,22). The fourth-order valence-corrected chi connectivity index (χ4v) is 2.98. The molecule has 2 unspecified atom stereocenters. The number of halogens is 1. The maximum atomic E-state index is 12.9. The molecule has 0 bridgehead atoms. The van der Waals surface area contributed by atoms with Crippen molar-refractivity contribution in [3.05, 3.63) is 30.1 Å². The molecule has 1 fully saturated rings. The number of piperidine rings is 1. The van der Waals surface area contributed by atoms with Gasteiger partial charge in [-0.3, -0.25) is 5.32 Å². The summed E-state index contributed by atoms with van der Waals surface area (Å²) in [5, 5.41) is 10.3. The van der Waals surface area contributed by atoms with E-state index in [1.165, 1.54) is 12.1 Å². The number of amides is 2. The molecule has 6 nitrogen and oxygen atoms in total. The third kappa shape index (κ3) is 3.67. The summed E-state index contributed by atoms with van der Waals surface area (Å²) in [6, 6.07) is 5.52. The molecule has 23 heavy (non-hydrogen) atoms. The first kappa shape index (κ1) is 15.5. The Morgan fingerprint density at radius 1 is 1.22 bits per heavy atom. The summed E-state index contributed by atoms with van der Waals surface area (Å²) < 4.78 is 18.3. The number of anilines is 1. The lowest BCUT2D eigenvalue weighted by atomic mass is 9.92. The number of likely N-dealkylation sites (tertiary alicyclic amines) is 1. The first-order valence-corrected chi connectivity index (χ1v) is 7.66. The van der Waals surface area contributed by atoms with Crippen molar-refractivity contribution in [2.24, 2.45) is 11.8 Å². The van der Waals surface area contributed by atoms with Crippen LogP contribution in [0.4, 0.5) is 15.2 Å². The van der Waals surface area contributed by atoms with E-state index in [2.05, 4.69) is 29.4 Å². The van der Waals surface area contributed by atoms with Crippen LogP contribution in [0.15, 0.2) is 28.7 Å². The predicted octanol–water partition coefficient (Wildman–Crippen LogP) is 3.39. The second-order valence-electron chi connectivity index (χ2n) is 6.20. The average Bonchev–Trinajstić information content (AvgIpc) is 2.95. The van der Waals surface area contributed by atoms with E-state index in [1.54, 1.807) is 17.0 Å². The minimum Gasteiger partial charge on any atom is -0.403 e. The second kappa shape index (κ2) is 6.36. The van der Waals surface area contributed by atoms with Gasteiger partial charge in [-0.05, 0) is 42.5 Å². The van der Waals surface area contributed by atoms with Gasteiger partial charge in [0.15, 0.2) is 0 Å². The number of urea groups is 1. The molecule has 1 aliphatic heterocycles. The molecule has 1 N–H and O–H groups in total. The average molecular weight is 318 g/mol. The Morgan fingerprint density at radius 2 is 1.87 bits per heavy atom. The maximum absolute atomic E-state index is 12.9. The molecule has 7 heteroatoms. The number of hydrogen-bond donors (Lipinski definition) is 1. The lowest BCUT2D eigenvalue weighted by Crippen LogP contribution is -2.44. The molecule has 2 aromatic rings. The topological polar surface area (TPSA) is 71.3 Å². The summed E-state index contributed by atoms with van der Waals surface area (Å²) in [5.41, 5.74) is 0.597. The Bertz CT molecular complexity index is 676. The van der Waals surface area contributed by atoms with Crippen molar-refractivity contribution >= 4 is 12.0 Å². The summed E-state index contributed by atoms with van der Waals surface area (Å²) in [5.74, 6) is 0.847. The lowest BCUT2D eigenvalue weighted by molar-refractivity contribution is 0.156. The third-order valence-corrected chi connectivity index (χ3v) is 3.89. The van der Waals surface area contributed by atoms with Gasteiger partial charge in [0.25, 0.3) is 0 Å². The molecule has 122 valence electrons. The maximum Gasteiger partial charge on any atom is 0.325 e. The zero-order valence-corrected chi connectivity index (χ0v) is 13.1. The number of benzene rings is 1. The Morgan fingerprint density at radius 3 is 2.52 bits per heavy atom. The zero-order valence-electron chi connectivity index (χ0n) is 13.1. The van der Waals surface area contributed by atoms with Crippen molar-refractivity contribution in [2.75, 3.05) is 18.4 Å². The minimum atomic E-state index is -0.338. The molecule has 2 heterocycles. The van der Waals surface area contributed by atoms with Crippen LogP contribution in [-0.2, 0) is 0 Å². The van der Waals surface area contributed by atoms with Crippen LogP contribution in [0.1, 0.15) is 20.3 Å². The highest BCUT2D eigenvalue weighted by Crippen LogP contribution is 2.23. The highest BCUT2D eigenvalue weighted by atomic mass is 19.1. The van der Waals surface area contributed by atoms with Gasteiger partial charge in [0.1, 0.15) is 5.82 Å². The van der Waals surface area contributed by atoms with Crippen LogP contribution in [0.2, 0.25) is 0 Å². The first-order chi connectivity index (χ1) is 11.0. The smallest absolute Gasteiger partial charge is 0.325 e. The van der Waals surface area contributed by atoms with Crippen molar-refractivity contribution in [3.63, 3.8) is 0 Å². The normalized spacial score (nSPS) is 21.3. The summed E-state index contributed by atoms with van der Waals surface area (Å²) >= 11 is 0. The Labute approximate surface area is 133 Å². The quantitative estimate of drug-likeness (QED) is 0.921. The molecule has 0 aliphatic carbocycles. The highest BCUT2D eigenvalue weighted by Gasteiger charge is 2.26. The number of hydrogen-bond acceptors (Lipinski definition) is 4. The molecule has 1 aromatic carbocycles. The van der Waals surface area contributed by atoms with Gasteiger partial charge in [0.2, 0.25) is 5.89 Å². The molecule has 0 spiro atoms. The summed E-state index contributed by atoms with van der Waals surface area (Å²) in [6.45, 7) is 5.70. The Balaban J connectivity index is 1.66. The van der Waals surface area contributed by atoms with Crippen LogP contribution >= 0.6 is 0 Å². The molecule has 2 atom stereocenters. The van der Waals surface area contributed by atoms with E-state index in [1.807, 2.05) is 0 Å². The van der Waals surface area contributed by atoms with E-state index in [4.69, 9.17) is 4.42 Å². The van der Waals surface area contributed by atoms with Crippen LogP contribution in [0.3, 0.4) is 0 Å². The Kier molecular flexibility index (Phi) is 4.27. The van der Waals surface area contributed by atoms with E-state index in [9.17, 15) is 9.18 Å². The predicted molar refractivity (Wildman–Crippen MR) is 83.2 cm³/mol. The SMILES string of the molecule is CC1CC(C)CN(C(=O)Nc2nnc(-c3ccc(F)cc3)o2)C1. The van der Waals surface area contributed by atoms with Crippen molar-refractivity contribution < 1.29 is 13.6 Å². The van der Waals surface area contributed by atoms with Gasteiger partial charge in [0.05, 0.1) is 0 Å². The molecule has 2 amide bonds. The van der Waals surface area contributed by atoms with Crippen molar-refractivity contribution in [3.8, 4) is 11.5 Å². The summed E-state index contributed by atoms with van der Waals surface area (Å²) in [7, 11) is 0.